The molecule has 0 aromatic carbocycles. The summed E-state index contributed by atoms with van der Waals surface area (Å²) in [6.45, 7) is -0.700. The van der Waals surface area contributed by atoms with Crippen LogP contribution in [-0.2, 0) is 18.0 Å². The van der Waals surface area contributed by atoms with Gasteiger partial charge in [-0.05, 0) is 12.8 Å². The van der Waals surface area contributed by atoms with Crippen LogP contribution in [0.5, 0.6) is 0 Å². The molecule has 0 saturated carbocycles. The minimum atomic E-state index is -4.92. The third-order valence-corrected chi connectivity index (χ3v) is 3.84. The van der Waals surface area contributed by atoms with Crippen LogP contribution in [0.25, 0.3) is 0 Å². The molecule has 0 amide bonds. The molecule has 6 nitrogen and oxygen atoms in total. The van der Waals surface area contributed by atoms with E-state index in [9.17, 15) is 35.9 Å². The summed E-state index contributed by atoms with van der Waals surface area (Å²) in [4.78, 5) is 24.1. The first kappa shape index (κ1) is 18.5. The normalized spacial score (nSPS) is 18.1. The van der Waals surface area contributed by atoms with Gasteiger partial charge >= 0.3 is 18.0 Å². The van der Waals surface area contributed by atoms with Crippen LogP contribution < -0.4 is 5.69 Å². The highest BCUT2D eigenvalue weighted by atomic mass is 19.4. The molecule has 0 aliphatic carbocycles. The number of carbonyl (C=O) groups is 1. The molecule has 0 atom stereocenters. The Hall–Kier alpha value is -1.85. The van der Waals surface area contributed by atoms with E-state index in [0.29, 0.717) is 9.25 Å². The zero-order valence-electron chi connectivity index (χ0n) is 12.5. The van der Waals surface area contributed by atoms with E-state index in [2.05, 4.69) is 5.10 Å². The lowest BCUT2D eigenvalue weighted by atomic mass is 10.1. The maximum absolute atomic E-state index is 12.7. The smallest absolute Gasteiger partial charge is 0.296 e. The van der Waals surface area contributed by atoms with E-state index in [0.717, 1.165) is 7.05 Å². The van der Waals surface area contributed by atoms with Crippen molar-refractivity contribution in [2.75, 3.05) is 19.6 Å². The zero-order valence-corrected chi connectivity index (χ0v) is 12.5. The summed E-state index contributed by atoms with van der Waals surface area (Å²) in [5, 5.41) is 3.31. The predicted octanol–water partition coefficient (Wildman–Crippen LogP) is 1.37. The highest BCUT2D eigenvalue weighted by Gasteiger charge is 2.41. The van der Waals surface area contributed by atoms with Gasteiger partial charge in [-0.1, -0.05) is 0 Å². The number of alkyl halides is 6. The number of hydrogen-bond acceptors (Lipinski definition) is 4. The summed E-state index contributed by atoms with van der Waals surface area (Å²) < 4.78 is 76.0. The second-order valence-corrected chi connectivity index (χ2v) is 5.54. The topological polar surface area (TPSA) is 60.1 Å². The van der Waals surface area contributed by atoms with Gasteiger partial charge in [0.25, 0.3) is 0 Å². The largest absolute Gasteiger partial charge is 0.451 e. The van der Waals surface area contributed by atoms with Crippen LogP contribution in [0.4, 0.5) is 26.3 Å². The summed E-state index contributed by atoms with van der Waals surface area (Å²) in [5.74, 6) is -3.21. The van der Waals surface area contributed by atoms with Gasteiger partial charge in [-0.25, -0.2) is 9.48 Å². The van der Waals surface area contributed by atoms with Crippen molar-refractivity contribution in [3.63, 3.8) is 0 Å². The van der Waals surface area contributed by atoms with Crippen LogP contribution in [0.3, 0.4) is 0 Å². The quantitative estimate of drug-likeness (QED) is 0.764. The van der Waals surface area contributed by atoms with Gasteiger partial charge in [0.1, 0.15) is 0 Å². The maximum Gasteiger partial charge on any atom is 0.451 e. The average Bonchev–Trinajstić information content (AvgIpc) is 2.75. The van der Waals surface area contributed by atoms with Gasteiger partial charge in [0.15, 0.2) is 0 Å². The molecule has 1 aliphatic heterocycles. The van der Waals surface area contributed by atoms with Crippen molar-refractivity contribution < 1.29 is 31.1 Å². The molecule has 136 valence electrons. The molecule has 1 fully saturated rings. The SMILES string of the molecule is Cn1c(C(F)(F)F)nn(C2CCN(CC(=O)C(F)(F)F)CC2)c1=O. The van der Waals surface area contributed by atoms with Gasteiger partial charge in [0.2, 0.25) is 11.6 Å². The molecule has 24 heavy (non-hydrogen) atoms. The van der Waals surface area contributed by atoms with E-state index in [4.69, 9.17) is 0 Å². The van der Waals surface area contributed by atoms with Crippen molar-refractivity contribution in [2.24, 2.45) is 7.05 Å². The number of piperidine rings is 1. The van der Waals surface area contributed by atoms with Crippen LogP contribution in [0.1, 0.15) is 24.7 Å². The molecule has 0 bridgehead atoms. The number of hydrogen-bond donors (Lipinski definition) is 0. The minimum Gasteiger partial charge on any atom is -0.296 e. The Bertz CT molecular complexity index is 667. The predicted molar refractivity (Wildman–Crippen MR) is 68.2 cm³/mol. The van der Waals surface area contributed by atoms with Crippen molar-refractivity contribution in [1.82, 2.24) is 19.2 Å². The van der Waals surface area contributed by atoms with Crippen molar-refractivity contribution >= 4 is 5.78 Å². The molecule has 1 aromatic heterocycles. The molecular formula is C12H14F6N4O2. The third kappa shape index (κ3) is 3.79. The van der Waals surface area contributed by atoms with E-state index in [1.54, 1.807) is 0 Å². The number of carbonyl (C=O) groups excluding carboxylic acids is 1. The molecule has 2 heterocycles. The summed E-state index contributed by atoms with van der Waals surface area (Å²) in [6, 6.07) is -0.656. The van der Waals surface area contributed by atoms with Crippen molar-refractivity contribution in [3.05, 3.63) is 16.3 Å². The molecule has 1 aliphatic rings. The molecule has 0 unspecified atom stereocenters. The summed E-state index contributed by atoms with van der Waals surface area (Å²) in [5.41, 5.74) is -0.938. The van der Waals surface area contributed by atoms with Gasteiger partial charge < -0.3 is 0 Å². The molecule has 2 rings (SSSR count). The monoisotopic (exact) mass is 360 g/mol. The number of Topliss-reactive ketones (excluding diaryl/α,β-unsaturated/α-hetero) is 1. The number of likely N-dealkylation sites (tertiary alicyclic amines) is 1. The van der Waals surface area contributed by atoms with Crippen molar-refractivity contribution in [2.45, 2.75) is 31.2 Å². The molecule has 0 spiro atoms. The molecule has 1 saturated heterocycles. The summed E-state index contributed by atoms with van der Waals surface area (Å²) >= 11 is 0. The van der Waals surface area contributed by atoms with Gasteiger partial charge in [-0.2, -0.15) is 26.3 Å². The van der Waals surface area contributed by atoms with E-state index >= 15 is 0 Å². The Morgan fingerprint density at radius 3 is 2.12 bits per heavy atom. The lowest BCUT2D eigenvalue weighted by Gasteiger charge is -2.31. The van der Waals surface area contributed by atoms with E-state index in [1.165, 1.54) is 4.90 Å². The first-order valence-electron chi connectivity index (χ1n) is 6.96. The number of halogens is 6. The summed E-state index contributed by atoms with van der Waals surface area (Å²) in [7, 11) is 0.950. The third-order valence-electron chi connectivity index (χ3n) is 3.84. The maximum atomic E-state index is 12.7. The van der Waals surface area contributed by atoms with Gasteiger partial charge in [-0.3, -0.25) is 14.3 Å². The summed E-state index contributed by atoms with van der Waals surface area (Å²) in [6.07, 6.45) is -9.45. The Kier molecular flexibility index (Phi) is 4.79. The van der Waals surface area contributed by atoms with E-state index in [-0.39, 0.29) is 25.9 Å². The fourth-order valence-electron chi connectivity index (χ4n) is 2.56. The molecular weight excluding hydrogens is 346 g/mol. The second kappa shape index (κ2) is 6.22. The first-order chi connectivity index (χ1) is 10.9. The van der Waals surface area contributed by atoms with Crippen LogP contribution in [0.15, 0.2) is 4.79 Å². The second-order valence-electron chi connectivity index (χ2n) is 5.54. The average molecular weight is 360 g/mol. The molecule has 0 radical (unpaired) electrons. The first-order valence-corrected chi connectivity index (χ1v) is 6.96. The van der Waals surface area contributed by atoms with Crippen molar-refractivity contribution in [3.8, 4) is 0 Å². The van der Waals surface area contributed by atoms with Crippen LogP contribution in [0.2, 0.25) is 0 Å². The number of ketones is 1. The fraction of sp³-hybridized carbons (Fsp3) is 0.750. The standard InChI is InChI=1S/C12H14F6N4O2/c1-20-9(12(16,17)18)19-22(10(20)24)7-2-4-21(5-3-7)6-8(23)11(13,14)15/h7H,2-6H2,1H3. The fourth-order valence-corrected chi connectivity index (χ4v) is 2.56. The zero-order chi connectivity index (χ0) is 18.3. The van der Waals surface area contributed by atoms with E-state index in [1.807, 2.05) is 0 Å². The minimum absolute atomic E-state index is 0.0524. The lowest BCUT2D eigenvalue weighted by Crippen LogP contribution is -2.43. The van der Waals surface area contributed by atoms with Crippen LogP contribution >= 0.6 is 0 Å². The van der Waals surface area contributed by atoms with Crippen LogP contribution in [-0.4, -0.2) is 50.8 Å². The van der Waals surface area contributed by atoms with Gasteiger partial charge in [0, 0.05) is 20.1 Å². The Morgan fingerprint density at radius 2 is 1.71 bits per heavy atom. The van der Waals surface area contributed by atoms with Crippen LogP contribution in [0, 0.1) is 0 Å². The molecule has 1 aromatic rings. The highest BCUT2D eigenvalue weighted by Crippen LogP contribution is 2.28. The number of aromatic nitrogens is 3. The Labute approximate surface area is 131 Å². The van der Waals surface area contributed by atoms with E-state index < -0.39 is 42.2 Å². The van der Waals surface area contributed by atoms with Gasteiger partial charge in [0.05, 0.1) is 12.6 Å². The Balaban J connectivity index is 2.06. The van der Waals surface area contributed by atoms with Crippen molar-refractivity contribution in [1.29, 1.82) is 0 Å². The number of rotatable bonds is 3. The lowest BCUT2D eigenvalue weighted by molar-refractivity contribution is -0.172. The number of nitrogens with zero attached hydrogens (tertiary/aromatic N) is 4. The molecule has 12 heteroatoms. The highest BCUT2D eigenvalue weighted by molar-refractivity contribution is 5.85. The Morgan fingerprint density at radius 1 is 1.17 bits per heavy atom. The van der Waals surface area contributed by atoms with Gasteiger partial charge in [-0.15, -0.1) is 5.10 Å². The molecule has 0 N–H and O–H groups in total.